The fourth-order valence-electron chi connectivity index (χ4n) is 5.57. The third kappa shape index (κ3) is 7.89. The molecule has 1 aliphatic carbocycles. The average molecular weight is 585 g/mol. The quantitative estimate of drug-likeness (QED) is 0.319. The van der Waals surface area contributed by atoms with Gasteiger partial charge in [-0.15, -0.1) is 0 Å². The Hall–Kier alpha value is -2.35. The van der Waals surface area contributed by atoms with E-state index in [1.165, 1.54) is 14.1 Å². The van der Waals surface area contributed by atoms with Crippen LogP contribution >= 0.6 is 0 Å². The van der Waals surface area contributed by atoms with E-state index in [0.717, 1.165) is 17.1 Å². The predicted molar refractivity (Wildman–Crippen MR) is 147 cm³/mol. The van der Waals surface area contributed by atoms with Gasteiger partial charge in [0.05, 0.1) is 17.6 Å². The number of allylic oxidation sites excluding steroid dienone is 2. The standard InChI is InChI=1S/C27H44N4O8S/c1-25(2,3)39-24(36)28-26(18-32)12-10-8-6-7-9-11-19-14-27(19,23(35)29-40(37,38)30(4)5)15-22(34)21-13-20(33)16-31(21)17-26/h9,11,18-21,33H,6-8,10,12-17H2,1-5H3,(H,28,36)(H,29,35)/b11-9-/t19-,20-,21+,26+,27-/m1/s1. The van der Waals surface area contributed by atoms with E-state index >= 15 is 0 Å². The van der Waals surface area contributed by atoms with Gasteiger partial charge in [-0.3, -0.25) is 14.5 Å². The summed E-state index contributed by atoms with van der Waals surface area (Å²) < 4.78 is 33.2. The summed E-state index contributed by atoms with van der Waals surface area (Å²) in [5.41, 5.74) is -3.34. The van der Waals surface area contributed by atoms with E-state index in [0.29, 0.717) is 32.0 Å². The van der Waals surface area contributed by atoms with Gasteiger partial charge in [-0.1, -0.05) is 25.0 Å². The number of carbonyl (C=O) groups is 4. The molecule has 3 N–H and O–H groups in total. The Bertz CT molecular complexity index is 1120. The zero-order chi connectivity index (χ0) is 29.9. The first-order valence-electron chi connectivity index (χ1n) is 13.9. The fourth-order valence-corrected chi connectivity index (χ4v) is 6.19. The molecule has 0 unspecified atom stereocenters. The van der Waals surface area contributed by atoms with Crippen LogP contribution in [0.3, 0.4) is 0 Å². The number of Topliss-reactive ketones (excluding diaryl/α,β-unsaturated/α-hetero) is 1. The molecule has 40 heavy (non-hydrogen) atoms. The molecule has 1 saturated carbocycles. The summed E-state index contributed by atoms with van der Waals surface area (Å²) in [5, 5.41) is 13.3. The Balaban J connectivity index is 1.91. The molecule has 2 aliphatic heterocycles. The number of nitrogens with one attached hydrogen (secondary N) is 2. The molecule has 3 rings (SSSR count). The van der Waals surface area contributed by atoms with Crippen LogP contribution < -0.4 is 10.0 Å². The van der Waals surface area contributed by atoms with Crippen molar-refractivity contribution in [3.8, 4) is 0 Å². The van der Waals surface area contributed by atoms with E-state index in [9.17, 15) is 32.7 Å². The van der Waals surface area contributed by atoms with E-state index in [2.05, 4.69) is 10.0 Å². The number of carbonyl (C=O) groups excluding carboxylic acids is 4. The number of fused-ring (bicyclic) bond motifs is 2. The molecule has 2 heterocycles. The first-order valence-corrected chi connectivity index (χ1v) is 15.3. The van der Waals surface area contributed by atoms with Crippen LogP contribution in [0.5, 0.6) is 0 Å². The number of hydrogen-bond acceptors (Lipinski definition) is 9. The molecule has 1 saturated heterocycles. The second-order valence-corrected chi connectivity index (χ2v) is 14.5. The summed E-state index contributed by atoms with van der Waals surface area (Å²) in [6.07, 6.45) is 6.41. The highest BCUT2D eigenvalue weighted by Crippen LogP contribution is 2.57. The number of amides is 2. The Labute approximate surface area is 237 Å². The Morgan fingerprint density at radius 3 is 2.55 bits per heavy atom. The molecular weight excluding hydrogens is 540 g/mol. The van der Waals surface area contributed by atoms with Crippen molar-refractivity contribution >= 4 is 34.3 Å². The zero-order valence-electron chi connectivity index (χ0n) is 24.1. The maximum Gasteiger partial charge on any atom is 0.408 e. The van der Waals surface area contributed by atoms with Gasteiger partial charge in [0, 0.05) is 33.6 Å². The van der Waals surface area contributed by atoms with Crippen molar-refractivity contribution in [3.63, 3.8) is 0 Å². The van der Waals surface area contributed by atoms with Crippen LogP contribution in [0.4, 0.5) is 4.79 Å². The topological polar surface area (TPSA) is 162 Å². The lowest BCUT2D eigenvalue weighted by Crippen LogP contribution is -2.59. The minimum Gasteiger partial charge on any atom is -0.444 e. The van der Waals surface area contributed by atoms with E-state index in [-0.39, 0.29) is 37.6 Å². The molecule has 13 heteroatoms. The third-order valence-electron chi connectivity index (χ3n) is 7.85. The van der Waals surface area contributed by atoms with Crippen LogP contribution in [0.2, 0.25) is 0 Å². The molecule has 0 radical (unpaired) electrons. The Kier molecular flexibility index (Phi) is 9.86. The summed E-state index contributed by atoms with van der Waals surface area (Å²) in [6, 6.07) is -0.805. The second-order valence-electron chi connectivity index (χ2n) is 12.6. The Morgan fingerprint density at radius 1 is 1.23 bits per heavy atom. The van der Waals surface area contributed by atoms with Gasteiger partial charge in [0.15, 0.2) is 5.78 Å². The van der Waals surface area contributed by atoms with Gasteiger partial charge in [0.2, 0.25) is 5.91 Å². The van der Waals surface area contributed by atoms with Gasteiger partial charge in [-0.05, 0) is 58.8 Å². The number of aliphatic hydroxyl groups is 1. The number of aldehydes is 1. The summed E-state index contributed by atoms with van der Waals surface area (Å²) in [6.45, 7) is 5.25. The maximum atomic E-state index is 13.7. The molecule has 226 valence electrons. The molecule has 0 spiro atoms. The van der Waals surface area contributed by atoms with Crippen LogP contribution in [-0.4, -0.2) is 97.3 Å². The lowest BCUT2D eigenvalue weighted by atomic mass is 9.90. The number of alkyl carbamates (subject to hydrolysis) is 1. The molecule has 0 aromatic rings. The van der Waals surface area contributed by atoms with Gasteiger partial charge in [0.25, 0.3) is 0 Å². The van der Waals surface area contributed by atoms with Gasteiger partial charge in [0.1, 0.15) is 17.4 Å². The number of nitrogens with zero attached hydrogens (tertiary/aromatic N) is 2. The normalized spacial score (nSPS) is 33.1. The van der Waals surface area contributed by atoms with Gasteiger partial charge in [-0.25, -0.2) is 9.52 Å². The SMILES string of the molecule is CN(C)S(=O)(=O)NC(=O)[C@]12CC(=O)[C@@H]3C[C@@H](O)CN3C[C@@](C=O)(NC(=O)OC(C)(C)C)CCCCC/C=C\[C@@H]1C2. The van der Waals surface area contributed by atoms with Crippen molar-refractivity contribution in [2.75, 3.05) is 27.2 Å². The number of hydrogen-bond donors (Lipinski definition) is 3. The molecule has 12 nitrogen and oxygen atoms in total. The van der Waals surface area contributed by atoms with Gasteiger partial charge >= 0.3 is 16.3 Å². The van der Waals surface area contributed by atoms with Gasteiger partial charge in [-0.2, -0.15) is 12.7 Å². The molecule has 5 atom stereocenters. The fraction of sp³-hybridized carbons (Fsp3) is 0.778. The monoisotopic (exact) mass is 584 g/mol. The van der Waals surface area contributed by atoms with E-state index in [1.807, 2.05) is 12.2 Å². The van der Waals surface area contributed by atoms with Crippen molar-refractivity contribution in [2.24, 2.45) is 11.3 Å². The smallest absolute Gasteiger partial charge is 0.408 e. The minimum absolute atomic E-state index is 0.0148. The predicted octanol–water partition coefficient (Wildman–Crippen LogP) is 1.29. The third-order valence-corrected chi connectivity index (χ3v) is 9.26. The summed E-state index contributed by atoms with van der Waals surface area (Å²) in [5.74, 6) is -1.34. The second kappa shape index (κ2) is 12.3. The lowest BCUT2D eigenvalue weighted by molar-refractivity contribution is -0.132. The van der Waals surface area contributed by atoms with Crippen LogP contribution in [-0.2, 0) is 29.3 Å². The summed E-state index contributed by atoms with van der Waals surface area (Å²) in [7, 11) is -1.44. The largest absolute Gasteiger partial charge is 0.444 e. The number of aliphatic hydroxyl groups excluding tert-OH is 1. The molecular formula is C27H44N4O8S. The highest BCUT2D eigenvalue weighted by atomic mass is 32.2. The van der Waals surface area contributed by atoms with Gasteiger partial charge < -0.3 is 20.0 Å². The first-order chi connectivity index (χ1) is 18.5. The first kappa shape index (κ1) is 32.2. The number of ether oxygens (including phenoxy) is 1. The maximum absolute atomic E-state index is 13.7. The molecule has 0 aromatic carbocycles. The molecule has 2 fully saturated rings. The van der Waals surface area contributed by atoms with Crippen molar-refractivity contribution < 1.29 is 37.4 Å². The van der Waals surface area contributed by atoms with E-state index in [1.54, 1.807) is 25.7 Å². The van der Waals surface area contributed by atoms with Crippen molar-refractivity contribution in [3.05, 3.63) is 12.2 Å². The number of rotatable bonds is 5. The summed E-state index contributed by atoms with van der Waals surface area (Å²) >= 11 is 0. The zero-order valence-corrected chi connectivity index (χ0v) is 25.0. The molecule has 0 aromatic heterocycles. The van der Waals surface area contributed by atoms with E-state index < -0.39 is 50.9 Å². The van der Waals surface area contributed by atoms with Crippen LogP contribution in [0.15, 0.2) is 12.2 Å². The van der Waals surface area contributed by atoms with Crippen molar-refractivity contribution in [1.29, 1.82) is 0 Å². The van der Waals surface area contributed by atoms with Crippen molar-refractivity contribution in [2.45, 2.75) is 95.4 Å². The highest BCUT2D eigenvalue weighted by Gasteiger charge is 2.61. The highest BCUT2D eigenvalue weighted by molar-refractivity contribution is 7.87. The minimum atomic E-state index is -4.05. The lowest BCUT2D eigenvalue weighted by Gasteiger charge is -2.36. The van der Waals surface area contributed by atoms with Crippen LogP contribution in [0.1, 0.15) is 72.1 Å². The van der Waals surface area contributed by atoms with Crippen LogP contribution in [0.25, 0.3) is 0 Å². The van der Waals surface area contributed by atoms with E-state index in [4.69, 9.17) is 4.74 Å². The van der Waals surface area contributed by atoms with Crippen LogP contribution in [0, 0.1) is 11.3 Å². The molecule has 3 aliphatic rings. The summed E-state index contributed by atoms with van der Waals surface area (Å²) in [4.78, 5) is 54.0. The number of ketones is 1. The Morgan fingerprint density at radius 2 is 1.93 bits per heavy atom. The molecule has 2 amide bonds. The molecule has 0 bridgehead atoms. The average Bonchev–Trinajstić information content (AvgIpc) is 3.39. The van der Waals surface area contributed by atoms with Crippen molar-refractivity contribution in [1.82, 2.24) is 19.2 Å².